The summed E-state index contributed by atoms with van der Waals surface area (Å²) in [7, 11) is 0. The van der Waals surface area contributed by atoms with Crippen molar-refractivity contribution in [1.82, 2.24) is 14.8 Å². The molecule has 136 valence electrons. The van der Waals surface area contributed by atoms with Gasteiger partial charge in [0.15, 0.2) is 0 Å². The Balaban J connectivity index is 1.66. The van der Waals surface area contributed by atoms with Gasteiger partial charge in [0.2, 0.25) is 11.8 Å². The van der Waals surface area contributed by atoms with E-state index in [1.807, 2.05) is 35.1 Å². The largest absolute Gasteiger partial charge is 0.372 e. The summed E-state index contributed by atoms with van der Waals surface area (Å²) in [5, 5.41) is 0. The average Bonchev–Trinajstić information content (AvgIpc) is 2.64. The highest BCUT2D eigenvalue weighted by Crippen LogP contribution is 2.39. The molecule has 2 aliphatic rings. The molecule has 0 aromatic carbocycles. The van der Waals surface area contributed by atoms with Gasteiger partial charge in [-0.25, -0.2) is 0 Å². The molecule has 0 N–H and O–H groups in total. The molecule has 1 spiro atoms. The zero-order valence-corrected chi connectivity index (χ0v) is 14.9. The molecule has 1 unspecified atom stereocenters. The minimum Gasteiger partial charge on any atom is -0.372 e. The monoisotopic (exact) mass is 345 g/mol. The fourth-order valence-electron chi connectivity index (χ4n) is 3.99. The molecule has 2 saturated heterocycles. The maximum atomic E-state index is 12.4. The molecule has 3 rings (SSSR count). The highest BCUT2D eigenvalue weighted by atomic mass is 16.5. The Labute approximate surface area is 149 Å². The predicted molar refractivity (Wildman–Crippen MR) is 93.6 cm³/mol. The van der Waals surface area contributed by atoms with Crippen molar-refractivity contribution in [3.05, 3.63) is 30.1 Å². The number of rotatable bonds is 5. The van der Waals surface area contributed by atoms with E-state index in [1.165, 1.54) is 0 Å². The first-order chi connectivity index (χ1) is 12.1. The van der Waals surface area contributed by atoms with Crippen LogP contribution in [0.5, 0.6) is 0 Å². The third-order valence-corrected chi connectivity index (χ3v) is 5.29. The number of nitrogens with zero attached hydrogens (tertiary/aromatic N) is 3. The summed E-state index contributed by atoms with van der Waals surface area (Å²) in [4.78, 5) is 32.7. The standard InChI is InChI=1S/C19H27N3O3/c1-2-25-13-18(24)21-10-4-7-19(14-21)8-6-17(23)22(15-19)12-16-5-3-9-20-11-16/h3,5,9,11H,2,4,6-8,10,12-15H2,1H3. The van der Waals surface area contributed by atoms with E-state index in [-0.39, 0.29) is 23.8 Å². The first kappa shape index (κ1) is 17.9. The number of piperidine rings is 2. The van der Waals surface area contributed by atoms with E-state index in [2.05, 4.69) is 4.98 Å². The van der Waals surface area contributed by atoms with Crippen molar-refractivity contribution in [2.24, 2.45) is 5.41 Å². The number of aromatic nitrogens is 1. The molecule has 0 aliphatic carbocycles. The number of ether oxygens (including phenoxy) is 1. The summed E-state index contributed by atoms with van der Waals surface area (Å²) in [6.07, 6.45) is 7.05. The van der Waals surface area contributed by atoms with Crippen LogP contribution in [0.1, 0.15) is 38.2 Å². The van der Waals surface area contributed by atoms with Crippen LogP contribution in [0, 0.1) is 5.41 Å². The number of likely N-dealkylation sites (tertiary alicyclic amines) is 2. The van der Waals surface area contributed by atoms with Crippen molar-refractivity contribution >= 4 is 11.8 Å². The number of carbonyl (C=O) groups is 2. The van der Waals surface area contributed by atoms with Crippen LogP contribution in [-0.4, -0.2) is 59.4 Å². The van der Waals surface area contributed by atoms with Gasteiger partial charge in [-0.2, -0.15) is 0 Å². The van der Waals surface area contributed by atoms with Gasteiger partial charge in [0.1, 0.15) is 6.61 Å². The van der Waals surface area contributed by atoms with E-state index in [0.717, 1.165) is 44.5 Å². The van der Waals surface area contributed by atoms with Gasteiger partial charge in [0.25, 0.3) is 0 Å². The van der Waals surface area contributed by atoms with Crippen LogP contribution in [0.4, 0.5) is 0 Å². The molecule has 0 radical (unpaired) electrons. The zero-order chi connectivity index (χ0) is 17.7. The van der Waals surface area contributed by atoms with Crippen molar-refractivity contribution in [3.63, 3.8) is 0 Å². The summed E-state index contributed by atoms with van der Waals surface area (Å²) >= 11 is 0. The molecule has 6 nitrogen and oxygen atoms in total. The topological polar surface area (TPSA) is 62.7 Å². The second kappa shape index (κ2) is 7.95. The van der Waals surface area contributed by atoms with Crippen molar-refractivity contribution < 1.29 is 14.3 Å². The molecule has 1 aromatic heterocycles. The minimum absolute atomic E-state index is 0.0241. The maximum Gasteiger partial charge on any atom is 0.248 e. The van der Waals surface area contributed by atoms with Crippen molar-refractivity contribution in [2.45, 2.75) is 39.2 Å². The Hall–Kier alpha value is -1.95. The Kier molecular flexibility index (Phi) is 5.68. The first-order valence-electron chi connectivity index (χ1n) is 9.14. The average molecular weight is 345 g/mol. The van der Waals surface area contributed by atoms with Crippen LogP contribution < -0.4 is 0 Å². The normalized spacial score (nSPS) is 24.0. The van der Waals surface area contributed by atoms with E-state index in [4.69, 9.17) is 4.74 Å². The van der Waals surface area contributed by atoms with Gasteiger partial charge in [-0.15, -0.1) is 0 Å². The molecule has 0 bridgehead atoms. The molecule has 6 heteroatoms. The van der Waals surface area contributed by atoms with Crippen LogP contribution in [0.2, 0.25) is 0 Å². The molecule has 2 fully saturated rings. The minimum atomic E-state index is 0.0241. The fraction of sp³-hybridized carbons (Fsp3) is 0.632. The van der Waals surface area contributed by atoms with E-state index in [0.29, 0.717) is 19.6 Å². The van der Waals surface area contributed by atoms with Crippen LogP contribution in [-0.2, 0) is 20.9 Å². The van der Waals surface area contributed by atoms with Crippen molar-refractivity contribution in [1.29, 1.82) is 0 Å². The quantitative estimate of drug-likeness (QED) is 0.817. The summed E-state index contributed by atoms with van der Waals surface area (Å²) in [5.41, 5.74) is 1.07. The lowest BCUT2D eigenvalue weighted by Crippen LogP contribution is -2.55. The molecule has 0 saturated carbocycles. The van der Waals surface area contributed by atoms with Crippen molar-refractivity contribution in [3.8, 4) is 0 Å². The van der Waals surface area contributed by atoms with E-state index >= 15 is 0 Å². The van der Waals surface area contributed by atoms with E-state index in [9.17, 15) is 9.59 Å². The molecular weight excluding hydrogens is 318 g/mol. The summed E-state index contributed by atoms with van der Waals surface area (Å²) < 4.78 is 5.28. The number of pyridine rings is 1. The lowest BCUT2D eigenvalue weighted by Gasteiger charge is -2.48. The Morgan fingerprint density at radius 3 is 3.00 bits per heavy atom. The lowest BCUT2D eigenvalue weighted by molar-refractivity contribution is -0.145. The highest BCUT2D eigenvalue weighted by molar-refractivity contribution is 5.78. The molecule has 3 heterocycles. The highest BCUT2D eigenvalue weighted by Gasteiger charge is 2.42. The Morgan fingerprint density at radius 1 is 1.36 bits per heavy atom. The smallest absolute Gasteiger partial charge is 0.248 e. The molecule has 2 aliphatic heterocycles. The van der Waals surface area contributed by atoms with Crippen LogP contribution in [0.15, 0.2) is 24.5 Å². The second-order valence-corrected chi connectivity index (χ2v) is 7.17. The van der Waals surface area contributed by atoms with Gasteiger partial charge in [0.05, 0.1) is 0 Å². The number of carbonyl (C=O) groups excluding carboxylic acids is 2. The first-order valence-corrected chi connectivity index (χ1v) is 9.14. The second-order valence-electron chi connectivity index (χ2n) is 7.17. The van der Waals surface area contributed by atoms with E-state index in [1.54, 1.807) is 6.20 Å². The Morgan fingerprint density at radius 2 is 2.24 bits per heavy atom. The number of amides is 2. The lowest BCUT2D eigenvalue weighted by atomic mass is 9.73. The number of hydrogen-bond acceptors (Lipinski definition) is 4. The van der Waals surface area contributed by atoms with Gasteiger partial charge in [-0.1, -0.05) is 6.07 Å². The predicted octanol–water partition coefficient (Wildman–Crippen LogP) is 1.85. The van der Waals surface area contributed by atoms with Crippen molar-refractivity contribution in [2.75, 3.05) is 32.8 Å². The zero-order valence-electron chi connectivity index (χ0n) is 14.9. The van der Waals surface area contributed by atoms with Crippen LogP contribution >= 0.6 is 0 Å². The third kappa shape index (κ3) is 4.37. The van der Waals surface area contributed by atoms with Crippen LogP contribution in [0.3, 0.4) is 0 Å². The molecule has 1 atom stereocenters. The summed E-state index contributed by atoms with van der Waals surface area (Å²) in [6.45, 7) is 5.46. The fourth-order valence-corrected chi connectivity index (χ4v) is 3.99. The van der Waals surface area contributed by atoms with Gasteiger partial charge in [-0.05, 0) is 37.8 Å². The molecule has 25 heavy (non-hydrogen) atoms. The van der Waals surface area contributed by atoms with Gasteiger partial charge >= 0.3 is 0 Å². The summed E-state index contributed by atoms with van der Waals surface area (Å²) in [5.74, 6) is 0.267. The maximum absolute atomic E-state index is 12.4. The molecule has 1 aromatic rings. The van der Waals surface area contributed by atoms with Crippen LogP contribution in [0.25, 0.3) is 0 Å². The molecule has 2 amide bonds. The van der Waals surface area contributed by atoms with Gasteiger partial charge in [-0.3, -0.25) is 14.6 Å². The SMILES string of the molecule is CCOCC(=O)N1CCCC2(CCC(=O)N(Cc3cccnc3)C2)C1. The Bertz CT molecular complexity index is 607. The molecular formula is C19H27N3O3. The number of hydrogen-bond donors (Lipinski definition) is 0. The van der Waals surface area contributed by atoms with Gasteiger partial charge < -0.3 is 14.5 Å². The third-order valence-electron chi connectivity index (χ3n) is 5.29. The van der Waals surface area contributed by atoms with Gasteiger partial charge in [0, 0.05) is 57.0 Å². The van der Waals surface area contributed by atoms with E-state index < -0.39 is 0 Å². The summed E-state index contributed by atoms with van der Waals surface area (Å²) in [6, 6.07) is 3.90.